The van der Waals surface area contributed by atoms with Crippen LogP contribution in [0, 0.1) is 13.8 Å². The molecule has 7 heteroatoms. The molecule has 0 saturated carbocycles. The van der Waals surface area contributed by atoms with E-state index >= 15 is 0 Å². The summed E-state index contributed by atoms with van der Waals surface area (Å²) in [6.45, 7) is 3.77. The van der Waals surface area contributed by atoms with Crippen molar-refractivity contribution in [2.75, 3.05) is 11.3 Å². The zero-order valence-electron chi connectivity index (χ0n) is 11.8. The van der Waals surface area contributed by atoms with Crippen molar-refractivity contribution < 1.29 is 17.7 Å². The number of anilines is 1. The van der Waals surface area contributed by atoms with Crippen molar-refractivity contribution in [3.05, 3.63) is 35.2 Å². The third kappa shape index (κ3) is 2.49. The number of nitrogens with one attached hydrogen (secondary N) is 1. The summed E-state index contributed by atoms with van der Waals surface area (Å²) in [4.78, 5) is 0.0795. The van der Waals surface area contributed by atoms with Crippen LogP contribution in [-0.2, 0) is 16.4 Å². The number of benzene rings is 1. The lowest BCUT2D eigenvalue weighted by molar-refractivity contribution is 0.290. The van der Waals surface area contributed by atoms with Crippen LogP contribution in [-0.4, -0.2) is 20.2 Å². The summed E-state index contributed by atoms with van der Waals surface area (Å²) in [7, 11) is -3.75. The maximum atomic E-state index is 12.5. The molecule has 0 radical (unpaired) electrons. The molecular weight excluding hydrogens is 292 g/mol. The molecular formula is C14H16N2O4S. The van der Waals surface area contributed by atoms with E-state index in [1.165, 1.54) is 0 Å². The summed E-state index contributed by atoms with van der Waals surface area (Å²) in [6, 6.07) is 5.46. The highest BCUT2D eigenvalue weighted by atomic mass is 32.2. The number of sulfonamides is 1. The summed E-state index contributed by atoms with van der Waals surface area (Å²) >= 11 is 0. The number of hydrogen-bond acceptors (Lipinski definition) is 5. The van der Waals surface area contributed by atoms with E-state index in [-0.39, 0.29) is 10.7 Å². The van der Waals surface area contributed by atoms with Crippen LogP contribution >= 0.6 is 0 Å². The molecule has 0 aliphatic carbocycles. The zero-order chi connectivity index (χ0) is 15.0. The van der Waals surface area contributed by atoms with Crippen molar-refractivity contribution in [2.45, 2.75) is 31.6 Å². The number of aryl methyl sites for hydroxylation is 3. The number of ether oxygens (including phenoxy) is 1. The molecule has 0 bridgehead atoms. The molecule has 1 aromatic carbocycles. The average Bonchev–Trinajstić information content (AvgIpc) is 2.79. The highest BCUT2D eigenvalue weighted by Gasteiger charge is 2.26. The lowest BCUT2D eigenvalue weighted by atomic mass is 10.1. The van der Waals surface area contributed by atoms with E-state index in [4.69, 9.17) is 9.26 Å². The van der Waals surface area contributed by atoms with E-state index in [9.17, 15) is 8.42 Å². The number of fused-ring (bicyclic) bond motifs is 1. The molecule has 0 unspecified atom stereocenters. The number of aromatic nitrogens is 1. The van der Waals surface area contributed by atoms with Crippen molar-refractivity contribution in [1.29, 1.82) is 0 Å². The Balaban J connectivity index is 2.01. The predicted octanol–water partition coefficient (Wildman–Crippen LogP) is 2.42. The van der Waals surface area contributed by atoms with Gasteiger partial charge >= 0.3 is 0 Å². The lowest BCUT2D eigenvalue weighted by Gasteiger charge is -2.20. The summed E-state index contributed by atoms with van der Waals surface area (Å²) in [5, 5.41) is 3.69. The van der Waals surface area contributed by atoms with E-state index in [2.05, 4.69) is 9.88 Å². The SMILES string of the molecule is Cc1noc(C)c1S(=O)(=O)Nc1cccc2c1OCCC2. The van der Waals surface area contributed by atoms with Crippen molar-refractivity contribution in [3.8, 4) is 5.75 Å². The third-order valence-electron chi connectivity index (χ3n) is 3.41. The maximum Gasteiger partial charge on any atom is 0.267 e. The van der Waals surface area contributed by atoms with Crippen LogP contribution in [0.25, 0.3) is 0 Å². The van der Waals surface area contributed by atoms with Crippen LogP contribution in [0.3, 0.4) is 0 Å². The predicted molar refractivity (Wildman–Crippen MR) is 77.0 cm³/mol. The Morgan fingerprint density at radius 1 is 1.29 bits per heavy atom. The van der Waals surface area contributed by atoms with Gasteiger partial charge in [0, 0.05) is 0 Å². The summed E-state index contributed by atoms with van der Waals surface area (Å²) in [6.07, 6.45) is 1.82. The Bertz CT molecular complexity index is 761. The van der Waals surface area contributed by atoms with E-state index in [0.29, 0.717) is 23.7 Å². The molecule has 1 aliphatic heterocycles. The van der Waals surface area contributed by atoms with Crippen LogP contribution in [0.5, 0.6) is 5.75 Å². The lowest BCUT2D eigenvalue weighted by Crippen LogP contribution is -2.17. The normalized spacial score (nSPS) is 14.4. The summed E-state index contributed by atoms with van der Waals surface area (Å²) < 4.78 is 38.2. The van der Waals surface area contributed by atoms with Gasteiger partial charge in [0.2, 0.25) is 0 Å². The van der Waals surface area contributed by atoms with Crippen molar-refractivity contribution in [2.24, 2.45) is 0 Å². The van der Waals surface area contributed by atoms with Gasteiger partial charge in [-0.05, 0) is 38.3 Å². The van der Waals surface area contributed by atoms with Crippen molar-refractivity contribution >= 4 is 15.7 Å². The van der Waals surface area contributed by atoms with Gasteiger partial charge in [0.15, 0.2) is 10.7 Å². The van der Waals surface area contributed by atoms with Gasteiger partial charge in [-0.1, -0.05) is 17.3 Å². The second kappa shape index (κ2) is 5.07. The molecule has 3 rings (SSSR count). The maximum absolute atomic E-state index is 12.5. The quantitative estimate of drug-likeness (QED) is 0.941. The van der Waals surface area contributed by atoms with Crippen LogP contribution in [0.15, 0.2) is 27.6 Å². The third-order valence-corrected chi connectivity index (χ3v) is 5.02. The number of hydrogen-bond donors (Lipinski definition) is 1. The van der Waals surface area contributed by atoms with Gasteiger partial charge in [-0.3, -0.25) is 4.72 Å². The van der Waals surface area contributed by atoms with Gasteiger partial charge in [0.25, 0.3) is 10.0 Å². The summed E-state index contributed by atoms with van der Waals surface area (Å²) in [5.74, 6) is 0.879. The van der Waals surface area contributed by atoms with Crippen LogP contribution in [0.1, 0.15) is 23.4 Å². The molecule has 6 nitrogen and oxygen atoms in total. The van der Waals surface area contributed by atoms with Crippen LogP contribution in [0.4, 0.5) is 5.69 Å². The van der Waals surface area contributed by atoms with Gasteiger partial charge < -0.3 is 9.26 Å². The molecule has 0 spiro atoms. The number of nitrogens with zero attached hydrogens (tertiary/aromatic N) is 1. The van der Waals surface area contributed by atoms with Gasteiger partial charge in [-0.15, -0.1) is 0 Å². The average molecular weight is 308 g/mol. The van der Waals surface area contributed by atoms with E-state index in [1.54, 1.807) is 19.9 Å². The minimum atomic E-state index is -3.75. The molecule has 2 heterocycles. The Hall–Kier alpha value is -2.02. The second-order valence-electron chi connectivity index (χ2n) is 5.00. The van der Waals surface area contributed by atoms with Gasteiger partial charge in [-0.2, -0.15) is 0 Å². The van der Waals surface area contributed by atoms with E-state index in [1.807, 2.05) is 12.1 Å². The molecule has 1 N–H and O–H groups in total. The first-order chi connectivity index (χ1) is 9.99. The van der Waals surface area contributed by atoms with E-state index in [0.717, 1.165) is 18.4 Å². The standard InChI is InChI=1S/C14H16N2O4S/c1-9-14(10(2)20-15-9)21(17,18)16-12-7-3-5-11-6-4-8-19-13(11)12/h3,5,7,16H,4,6,8H2,1-2H3. The molecule has 21 heavy (non-hydrogen) atoms. The van der Waals surface area contributed by atoms with Crippen molar-refractivity contribution in [1.82, 2.24) is 5.16 Å². The molecule has 2 aromatic rings. The van der Waals surface area contributed by atoms with E-state index < -0.39 is 10.0 Å². The minimum absolute atomic E-state index is 0.0795. The summed E-state index contributed by atoms with van der Waals surface area (Å²) in [5.41, 5.74) is 1.80. The largest absolute Gasteiger partial charge is 0.491 e. The number of rotatable bonds is 3. The fourth-order valence-corrected chi connectivity index (χ4v) is 3.92. The fourth-order valence-electron chi connectivity index (χ4n) is 2.52. The Morgan fingerprint density at radius 3 is 2.81 bits per heavy atom. The highest BCUT2D eigenvalue weighted by Crippen LogP contribution is 2.34. The van der Waals surface area contributed by atoms with Crippen LogP contribution in [0.2, 0.25) is 0 Å². The van der Waals surface area contributed by atoms with Gasteiger partial charge in [0.05, 0.1) is 12.3 Å². The van der Waals surface area contributed by atoms with Crippen molar-refractivity contribution in [3.63, 3.8) is 0 Å². The molecule has 0 amide bonds. The molecule has 0 fully saturated rings. The monoisotopic (exact) mass is 308 g/mol. The molecule has 0 saturated heterocycles. The smallest absolute Gasteiger partial charge is 0.267 e. The zero-order valence-corrected chi connectivity index (χ0v) is 12.7. The second-order valence-corrected chi connectivity index (χ2v) is 6.62. The molecule has 0 atom stereocenters. The van der Waals surface area contributed by atoms with Gasteiger partial charge in [0.1, 0.15) is 11.4 Å². The first-order valence-corrected chi connectivity index (χ1v) is 8.18. The Labute approximate surface area is 123 Å². The molecule has 1 aromatic heterocycles. The Kier molecular flexibility index (Phi) is 3.36. The minimum Gasteiger partial charge on any atom is -0.491 e. The topological polar surface area (TPSA) is 81.4 Å². The van der Waals surface area contributed by atoms with Crippen LogP contribution < -0.4 is 9.46 Å². The Morgan fingerprint density at radius 2 is 2.10 bits per heavy atom. The first-order valence-electron chi connectivity index (χ1n) is 6.69. The fraction of sp³-hybridized carbons (Fsp3) is 0.357. The first kappa shape index (κ1) is 13.9. The molecule has 112 valence electrons. The highest BCUT2D eigenvalue weighted by molar-refractivity contribution is 7.92. The number of para-hydroxylation sites is 1. The molecule has 1 aliphatic rings. The van der Waals surface area contributed by atoms with Gasteiger partial charge in [-0.25, -0.2) is 8.42 Å².